The molecule has 35 heavy (non-hydrogen) atoms. The highest BCUT2D eigenvalue weighted by Gasteiger charge is 2.55. The molecule has 4 heterocycles. The number of phenols is 1. The number of rotatable bonds is 3. The quantitative estimate of drug-likeness (QED) is 0.668. The van der Waals surface area contributed by atoms with Gasteiger partial charge in [0.2, 0.25) is 0 Å². The zero-order valence-electron chi connectivity index (χ0n) is 20.6. The number of phenolic OH excluding ortho intramolecular Hbond substituents is 1. The predicted octanol–water partition coefficient (Wildman–Crippen LogP) is 4.63. The smallest absolute Gasteiger partial charge is 0.325 e. The fourth-order valence-electron chi connectivity index (χ4n) is 5.95. The first-order valence-electron chi connectivity index (χ1n) is 12.1. The number of hydrogen-bond donors (Lipinski definition) is 2. The van der Waals surface area contributed by atoms with Crippen LogP contribution in [0.3, 0.4) is 0 Å². The predicted molar refractivity (Wildman–Crippen MR) is 130 cm³/mol. The number of ether oxygens (including phenoxy) is 1. The molecule has 1 aromatic heterocycles. The van der Waals surface area contributed by atoms with Crippen molar-refractivity contribution in [1.29, 1.82) is 0 Å². The minimum atomic E-state index is -0.472. The molecule has 1 spiro atoms. The number of anilines is 1. The van der Waals surface area contributed by atoms with Gasteiger partial charge in [0.05, 0.1) is 31.1 Å². The standard InChI is InChI=1S/C26H32N4O5/c1-5-30-25(33)29-15-18-13-19(31)14-21(34-4)23(18)16(2)12-22(29)26(30)7-9-28(10-8-26)24(32)27-20-6-11-35-17(20)3/h6,11-14,16,31H,5,7-10,15H2,1-4H3,(H,27,32)/t16-/m0/s1. The largest absolute Gasteiger partial charge is 0.508 e. The van der Waals surface area contributed by atoms with Crippen LogP contribution in [0.25, 0.3) is 0 Å². The van der Waals surface area contributed by atoms with Crippen LogP contribution < -0.4 is 10.1 Å². The maximum atomic E-state index is 13.6. The van der Waals surface area contributed by atoms with Crippen molar-refractivity contribution in [2.24, 2.45) is 0 Å². The number of hydrogen-bond acceptors (Lipinski definition) is 5. The maximum absolute atomic E-state index is 13.6. The van der Waals surface area contributed by atoms with Crippen molar-refractivity contribution < 1.29 is 23.8 Å². The van der Waals surface area contributed by atoms with E-state index in [9.17, 15) is 14.7 Å². The van der Waals surface area contributed by atoms with Crippen LogP contribution in [-0.4, -0.2) is 64.2 Å². The minimum absolute atomic E-state index is 0.00701. The van der Waals surface area contributed by atoms with Gasteiger partial charge in [-0.3, -0.25) is 4.90 Å². The van der Waals surface area contributed by atoms with Crippen molar-refractivity contribution in [1.82, 2.24) is 14.7 Å². The molecule has 9 nitrogen and oxygen atoms in total. The molecule has 2 N–H and O–H groups in total. The number of methoxy groups -OCH3 is 1. The Morgan fingerprint density at radius 2 is 2.06 bits per heavy atom. The van der Waals surface area contributed by atoms with Crippen LogP contribution in [0.5, 0.6) is 11.5 Å². The van der Waals surface area contributed by atoms with Gasteiger partial charge in [0.15, 0.2) is 0 Å². The molecule has 1 atom stereocenters. The summed E-state index contributed by atoms with van der Waals surface area (Å²) in [6.07, 6.45) is 5.03. The van der Waals surface area contributed by atoms with Gasteiger partial charge in [-0.05, 0) is 38.3 Å². The van der Waals surface area contributed by atoms with Crippen LogP contribution in [0.1, 0.15) is 49.5 Å². The van der Waals surface area contributed by atoms with Crippen molar-refractivity contribution in [3.05, 3.63) is 53.1 Å². The molecule has 4 amide bonds. The van der Waals surface area contributed by atoms with E-state index < -0.39 is 5.54 Å². The summed E-state index contributed by atoms with van der Waals surface area (Å²) in [6.45, 7) is 7.92. The van der Waals surface area contributed by atoms with Crippen LogP contribution in [0, 0.1) is 6.92 Å². The third kappa shape index (κ3) is 3.61. The van der Waals surface area contributed by atoms with Crippen molar-refractivity contribution in [2.75, 3.05) is 32.1 Å². The summed E-state index contributed by atoms with van der Waals surface area (Å²) >= 11 is 0. The topological polar surface area (TPSA) is 98.5 Å². The number of carbonyl (C=O) groups excluding carboxylic acids is 2. The van der Waals surface area contributed by atoms with Gasteiger partial charge in [-0.2, -0.15) is 0 Å². The fourth-order valence-corrected chi connectivity index (χ4v) is 5.95. The normalized spacial score (nSPS) is 20.9. The lowest BCUT2D eigenvalue weighted by Crippen LogP contribution is -2.55. The Labute approximate surface area is 204 Å². The lowest BCUT2D eigenvalue weighted by molar-refractivity contribution is 0.106. The first-order chi connectivity index (χ1) is 16.8. The van der Waals surface area contributed by atoms with E-state index in [1.807, 2.05) is 23.6 Å². The van der Waals surface area contributed by atoms with Gasteiger partial charge in [0.25, 0.3) is 0 Å². The molecule has 2 saturated heterocycles. The summed E-state index contributed by atoms with van der Waals surface area (Å²) in [5.74, 6) is 1.41. The SMILES string of the molecule is CCN1C(=O)N2Cc3cc(O)cc(OC)c3[C@@H](C)C=C2C12CCN(C(=O)Nc1ccoc1C)CC2. The fraction of sp³-hybridized carbons (Fsp3) is 0.462. The van der Waals surface area contributed by atoms with Gasteiger partial charge in [-0.25, -0.2) is 9.59 Å². The average Bonchev–Trinajstić information content (AvgIpc) is 3.26. The Morgan fingerprint density at radius 3 is 2.69 bits per heavy atom. The Morgan fingerprint density at radius 1 is 1.31 bits per heavy atom. The molecule has 2 fully saturated rings. The van der Waals surface area contributed by atoms with Gasteiger partial charge >= 0.3 is 12.1 Å². The monoisotopic (exact) mass is 480 g/mol. The Bertz CT molecular complexity index is 1190. The van der Waals surface area contributed by atoms with E-state index in [4.69, 9.17) is 9.15 Å². The van der Waals surface area contributed by atoms with Gasteiger partial charge in [0, 0.05) is 48.9 Å². The number of nitrogens with one attached hydrogen (secondary N) is 1. The number of amides is 4. The van der Waals surface area contributed by atoms with Crippen molar-refractivity contribution in [2.45, 2.75) is 51.6 Å². The third-order valence-corrected chi connectivity index (χ3v) is 7.66. The van der Waals surface area contributed by atoms with Gasteiger partial charge < -0.3 is 29.4 Å². The molecule has 186 valence electrons. The van der Waals surface area contributed by atoms with Crippen LogP contribution in [0.4, 0.5) is 15.3 Å². The molecular weight excluding hydrogens is 448 g/mol. The second-order valence-corrected chi connectivity index (χ2v) is 9.51. The number of benzene rings is 1. The highest BCUT2D eigenvalue weighted by atomic mass is 16.5. The summed E-state index contributed by atoms with van der Waals surface area (Å²) < 4.78 is 10.9. The molecule has 0 saturated carbocycles. The third-order valence-electron chi connectivity index (χ3n) is 7.66. The van der Waals surface area contributed by atoms with Gasteiger partial charge in [0.1, 0.15) is 17.3 Å². The summed E-state index contributed by atoms with van der Waals surface area (Å²) in [5.41, 5.74) is 3.06. The van der Waals surface area contributed by atoms with Crippen molar-refractivity contribution in [3.63, 3.8) is 0 Å². The van der Waals surface area contributed by atoms with Crippen LogP contribution in [0.15, 0.2) is 40.7 Å². The number of carbonyl (C=O) groups is 2. The number of likely N-dealkylation sites (tertiary alicyclic amines) is 1. The van der Waals surface area contributed by atoms with Gasteiger partial charge in [-0.15, -0.1) is 0 Å². The maximum Gasteiger partial charge on any atom is 0.325 e. The molecule has 9 heteroatoms. The number of fused-ring (bicyclic) bond motifs is 3. The first kappa shape index (κ1) is 23.1. The van der Waals surface area contributed by atoms with Crippen LogP contribution >= 0.6 is 0 Å². The zero-order valence-corrected chi connectivity index (χ0v) is 20.6. The molecule has 3 aliphatic heterocycles. The Hall–Kier alpha value is -3.62. The minimum Gasteiger partial charge on any atom is -0.508 e. The van der Waals surface area contributed by atoms with Crippen LogP contribution in [-0.2, 0) is 6.54 Å². The Kier molecular flexibility index (Phi) is 5.65. The van der Waals surface area contributed by atoms with E-state index in [2.05, 4.69) is 18.3 Å². The highest BCUT2D eigenvalue weighted by Crippen LogP contribution is 2.48. The average molecular weight is 481 g/mol. The number of likely N-dealkylation sites (N-methyl/N-ethyl adjacent to an activating group) is 1. The number of allylic oxidation sites excluding steroid dienone is 1. The zero-order chi connectivity index (χ0) is 24.9. The second-order valence-electron chi connectivity index (χ2n) is 9.51. The van der Waals surface area contributed by atoms with E-state index in [-0.39, 0.29) is 23.7 Å². The number of aryl methyl sites for hydroxylation is 1. The molecule has 0 bridgehead atoms. The molecule has 0 radical (unpaired) electrons. The molecule has 0 unspecified atom stereocenters. The first-order valence-corrected chi connectivity index (χ1v) is 12.1. The Balaban J connectivity index is 1.44. The lowest BCUT2D eigenvalue weighted by atomic mass is 9.82. The van der Waals surface area contributed by atoms with Crippen molar-refractivity contribution in [3.8, 4) is 11.5 Å². The molecule has 2 aromatic rings. The van der Waals surface area contributed by atoms with Crippen molar-refractivity contribution >= 4 is 17.7 Å². The lowest BCUT2D eigenvalue weighted by Gasteiger charge is -2.44. The highest BCUT2D eigenvalue weighted by molar-refractivity contribution is 5.90. The van der Waals surface area contributed by atoms with E-state index in [1.165, 1.54) is 0 Å². The number of urea groups is 2. The number of furan rings is 1. The summed E-state index contributed by atoms with van der Waals surface area (Å²) in [7, 11) is 1.60. The van der Waals surface area contributed by atoms with Crippen LogP contribution in [0.2, 0.25) is 0 Å². The summed E-state index contributed by atoms with van der Waals surface area (Å²) in [6, 6.07) is 4.90. The van der Waals surface area contributed by atoms with E-state index >= 15 is 0 Å². The summed E-state index contributed by atoms with van der Waals surface area (Å²) in [5, 5.41) is 13.2. The van der Waals surface area contributed by atoms with E-state index in [0.29, 0.717) is 56.2 Å². The molecule has 1 aromatic carbocycles. The molecule has 3 aliphatic rings. The second kappa shape index (κ2) is 8.55. The van der Waals surface area contributed by atoms with E-state index in [0.717, 1.165) is 16.8 Å². The number of nitrogens with zero attached hydrogens (tertiary/aromatic N) is 3. The molecule has 5 rings (SSSR count). The number of aromatic hydroxyl groups is 1. The van der Waals surface area contributed by atoms with E-state index in [1.54, 1.807) is 36.5 Å². The van der Waals surface area contributed by atoms with Gasteiger partial charge in [-0.1, -0.05) is 13.0 Å². The summed E-state index contributed by atoms with van der Waals surface area (Å²) in [4.78, 5) is 32.1. The molecule has 0 aliphatic carbocycles. The number of piperidine rings is 1. The molecular formula is C26H32N4O5.